The molecule has 3 saturated heterocycles. The third-order valence-corrected chi connectivity index (χ3v) is 17.9. The van der Waals surface area contributed by atoms with Crippen molar-refractivity contribution in [2.45, 2.75) is 148 Å². The number of morpholine rings is 1. The molecule has 4 aromatic carbocycles. The summed E-state index contributed by atoms with van der Waals surface area (Å²) in [4.78, 5) is 124. The van der Waals surface area contributed by atoms with E-state index in [0.29, 0.717) is 75.5 Å². The molecule has 0 spiro atoms. The number of halogens is 3. The van der Waals surface area contributed by atoms with Gasteiger partial charge in [-0.1, -0.05) is 36.4 Å². The van der Waals surface area contributed by atoms with Gasteiger partial charge >= 0.3 is 12.2 Å². The number of amides is 8. The molecule has 0 bridgehead atoms. The van der Waals surface area contributed by atoms with Gasteiger partial charge in [-0.25, -0.2) is 22.8 Å². The Bertz CT molecular complexity index is 3450. The van der Waals surface area contributed by atoms with E-state index in [4.69, 9.17) is 18.9 Å². The first-order chi connectivity index (χ1) is 43.9. The molecule has 0 radical (unpaired) electrons. The number of fused-ring (bicyclic) bond motifs is 2. The Morgan fingerprint density at radius 3 is 2.12 bits per heavy atom. The van der Waals surface area contributed by atoms with Gasteiger partial charge in [-0.15, -0.1) is 0 Å². The normalized spacial score (nSPS) is 21.8. The molecule has 502 valence electrons. The number of anilines is 3. The lowest BCUT2D eigenvalue weighted by Gasteiger charge is -2.47. The van der Waals surface area contributed by atoms with E-state index in [9.17, 15) is 33.2 Å². The number of carbonyl (C=O) groups is 8. The monoisotopic (exact) mass is 1290 g/mol. The average Bonchev–Trinajstić information content (AvgIpc) is 1.61. The van der Waals surface area contributed by atoms with Crippen molar-refractivity contribution in [2.24, 2.45) is 5.92 Å². The minimum absolute atomic E-state index is 0.0541. The van der Waals surface area contributed by atoms with Crippen molar-refractivity contribution < 1.29 is 70.5 Å². The lowest BCUT2D eigenvalue weighted by atomic mass is 9.83. The molecule has 4 N–H and O–H groups in total. The predicted molar refractivity (Wildman–Crippen MR) is 340 cm³/mol. The van der Waals surface area contributed by atoms with Crippen LogP contribution in [0.25, 0.3) is 0 Å². The minimum atomic E-state index is -1.50. The molecule has 0 aliphatic carbocycles. The first kappa shape index (κ1) is 69.2. The van der Waals surface area contributed by atoms with Gasteiger partial charge in [0.1, 0.15) is 52.5 Å². The molecule has 3 fully saturated rings. The molecule has 7 atom stereocenters. The number of hydrogen-bond acceptors (Lipinski definition) is 14. The maximum absolute atomic E-state index is 15.2. The van der Waals surface area contributed by atoms with Crippen LogP contribution in [0, 0.1) is 23.4 Å². The highest BCUT2D eigenvalue weighted by atomic mass is 19.1. The summed E-state index contributed by atoms with van der Waals surface area (Å²) in [7, 11) is 1.39. The van der Waals surface area contributed by atoms with Gasteiger partial charge < -0.3 is 54.9 Å². The van der Waals surface area contributed by atoms with Crippen LogP contribution in [-0.4, -0.2) is 193 Å². The molecule has 5 aliphatic heterocycles. The molecule has 0 unspecified atom stereocenters. The Kier molecular flexibility index (Phi) is 21.3. The van der Waals surface area contributed by atoms with Crippen molar-refractivity contribution in [1.29, 1.82) is 0 Å². The van der Waals surface area contributed by atoms with E-state index in [2.05, 4.69) is 38.0 Å². The fourth-order valence-electron chi connectivity index (χ4n) is 12.7. The molecule has 8 amide bonds. The van der Waals surface area contributed by atoms with Crippen molar-refractivity contribution in [3.05, 3.63) is 124 Å². The second kappa shape index (κ2) is 28.6. The Balaban J connectivity index is 0.940. The lowest BCUT2D eigenvalue weighted by Crippen LogP contribution is -2.64. The number of hydrogen-bond donors (Lipinski definition) is 4. The summed E-state index contributed by atoms with van der Waals surface area (Å²) >= 11 is 0. The zero-order chi connectivity index (χ0) is 67.4. The van der Waals surface area contributed by atoms with Crippen LogP contribution in [0.3, 0.4) is 0 Å². The SMILES string of the molecule is C[C@@H]1COCCN1C[C@H]1CN(C(=O)OC(C)(C)C)[C@H](C)CN1CC(=O)N1C[C@@](C)(C(=O)NCC(=O)Nc2ccc3c(c2)CN(C(=O)[C@@H](NC(=O)[C@H](C)N(C)C(=O)OC(C)(C)C)C2CCOCC2)[C@@H]3C(=O)Nc2c(F)cccc2F)c2ccc(Cc3ccc(F)cc3)cc21. The Hall–Kier alpha value is -8.13. The summed E-state index contributed by atoms with van der Waals surface area (Å²) in [6.07, 6.45) is -0.144. The number of para-hydroxylation sites is 1. The zero-order valence-electron chi connectivity index (χ0n) is 54.9. The summed E-state index contributed by atoms with van der Waals surface area (Å²) < 4.78 is 67.0. The van der Waals surface area contributed by atoms with Gasteiger partial charge in [-0.3, -0.25) is 43.5 Å². The van der Waals surface area contributed by atoms with Crippen molar-refractivity contribution in [3.63, 3.8) is 0 Å². The number of ether oxygens (including phenoxy) is 4. The highest BCUT2D eigenvalue weighted by Crippen LogP contribution is 2.43. The van der Waals surface area contributed by atoms with Gasteiger partial charge in [0.2, 0.25) is 29.5 Å². The van der Waals surface area contributed by atoms with Crippen LogP contribution in [0.2, 0.25) is 0 Å². The number of nitrogens with zero attached hydrogens (tertiary/aromatic N) is 6. The third kappa shape index (κ3) is 16.4. The number of benzene rings is 4. The molecule has 0 aromatic heterocycles. The molecule has 0 saturated carbocycles. The topological polar surface area (TPSA) is 241 Å². The molecular weight excluding hydrogens is 1210 g/mol. The van der Waals surface area contributed by atoms with Crippen LogP contribution >= 0.6 is 0 Å². The second-order valence-corrected chi connectivity index (χ2v) is 27.3. The van der Waals surface area contributed by atoms with Crippen LogP contribution in [0.4, 0.5) is 39.8 Å². The first-order valence-electron chi connectivity index (χ1n) is 31.7. The smallest absolute Gasteiger partial charge is 0.410 e. The average molecular weight is 1290 g/mol. The fraction of sp³-hybridized carbons (Fsp3) is 0.529. The molecular formula is C68H87F3N10O12. The molecule has 5 aliphatic rings. The van der Waals surface area contributed by atoms with Crippen LogP contribution in [-0.2, 0) is 66.1 Å². The molecule has 22 nitrogen and oxygen atoms in total. The second-order valence-electron chi connectivity index (χ2n) is 27.3. The van der Waals surface area contributed by atoms with Crippen molar-refractivity contribution in [2.75, 3.05) is 94.8 Å². The van der Waals surface area contributed by atoms with Crippen molar-refractivity contribution >= 4 is 64.7 Å². The van der Waals surface area contributed by atoms with E-state index in [-0.39, 0.29) is 73.9 Å². The summed E-state index contributed by atoms with van der Waals surface area (Å²) in [5, 5.41) is 10.8. The van der Waals surface area contributed by atoms with E-state index < -0.39 is 106 Å². The van der Waals surface area contributed by atoms with Crippen LogP contribution in [0.15, 0.2) is 78.9 Å². The Morgan fingerprint density at radius 1 is 0.774 bits per heavy atom. The number of carbonyl (C=O) groups excluding carboxylic acids is 8. The number of rotatable bonds is 17. The van der Waals surface area contributed by atoms with Gasteiger partial charge in [-0.05, 0) is 165 Å². The zero-order valence-corrected chi connectivity index (χ0v) is 54.9. The molecule has 4 aromatic rings. The van der Waals surface area contributed by atoms with Gasteiger partial charge in [0, 0.05) is 89.0 Å². The van der Waals surface area contributed by atoms with Crippen molar-refractivity contribution in [3.8, 4) is 0 Å². The standard InChI is InChI=1S/C68H87F3N10O12/c1-40-33-78(49(35-77-25-28-91-38-41(77)2)36-79(40)65(89)93-67(7,8)9)37-56(83)81-39-68(10,51-22-17-44(30-54(51)81)29-43-15-18-47(69)19-16-43)63(87)72-32-55(82)73-48-20-21-50-46(31-48)34-80(59(50)61(85)75-58-52(70)13-12-14-53(58)71)62(86)57(45-23-26-90-27-24-45)74-60(84)42(3)76(11)64(88)92-66(4,5)6/h12-22,30-31,40-42,45,49,57,59H,23-29,32-39H2,1-11H3,(H,72,87)(H,73,82)(H,74,84)(H,75,85)/t40-,41-,42+,49+,57+,59+,68-/m1/s1. The van der Waals surface area contributed by atoms with E-state index in [1.807, 2.05) is 39.8 Å². The van der Waals surface area contributed by atoms with Crippen molar-refractivity contribution in [1.82, 2.24) is 35.1 Å². The van der Waals surface area contributed by atoms with Gasteiger partial charge in [0.15, 0.2) is 0 Å². The summed E-state index contributed by atoms with van der Waals surface area (Å²) in [5.41, 5.74) is -0.235. The number of piperazine rings is 1. The highest BCUT2D eigenvalue weighted by Gasteiger charge is 2.49. The van der Waals surface area contributed by atoms with Crippen LogP contribution in [0.5, 0.6) is 0 Å². The van der Waals surface area contributed by atoms with E-state index in [1.54, 1.807) is 55.7 Å². The molecule has 93 heavy (non-hydrogen) atoms. The van der Waals surface area contributed by atoms with Crippen LogP contribution in [0.1, 0.15) is 116 Å². The molecule has 9 rings (SSSR count). The highest BCUT2D eigenvalue weighted by molar-refractivity contribution is 6.05. The predicted octanol–water partition coefficient (Wildman–Crippen LogP) is 7.27. The maximum Gasteiger partial charge on any atom is 0.410 e. The minimum Gasteiger partial charge on any atom is -0.444 e. The maximum atomic E-state index is 15.2. The van der Waals surface area contributed by atoms with Gasteiger partial charge in [0.05, 0.1) is 31.7 Å². The molecule has 25 heteroatoms. The third-order valence-electron chi connectivity index (χ3n) is 17.9. The number of nitrogens with one attached hydrogen (secondary N) is 4. The largest absolute Gasteiger partial charge is 0.444 e. The summed E-state index contributed by atoms with van der Waals surface area (Å²) in [5.74, 6) is -6.89. The number of likely N-dealkylation sites (N-methyl/N-ethyl adjacent to an activating group) is 1. The van der Waals surface area contributed by atoms with E-state index >= 15 is 18.4 Å². The molecule has 5 heterocycles. The quantitative estimate of drug-likeness (QED) is 0.0813. The lowest BCUT2D eigenvalue weighted by molar-refractivity contribution is -0.144. The fourth-order valence-corrected chi connectivity index (χ4v) is 12.7. The Labute approximate surface area is 541 Å². The van der Waals surface area contributed by atoms with E-state index in [0.717, 1.165) is 34.2 Å². The van der Waals surface area contributed by atoms with Crippen LogP contribution < -0.4 is 26.2 Å². The first-order valence-corrected chi connectivity index (χ1v) is 31.7. The van der Waals surface area contributed by atoms with Gasteiger partial charge in [-0.2, -0.15) is 0 Å². The Morgan fingerprint density at radius 2 is 1.45 bits per heavy atom. The van der Waals surface area contributed by atoms with E-state index in [1.165, 1.54) is 49.2 Å². The summed E-state index contributed by atoms with van der Waals surface area (Å²) in [6, 6.07) is 14.8. The van der Waals surface area contributed by atoms with Gasteiger partial charge in [0.25, 0.3) is 5.91 Å². The summed E-state index contributed by atoms with van der Waals surface area (Å²) in [6.45, 7) is 20.2.